The molecule has 132 valence electrons. The molecule has 2 aromatic carbocycles. The monoisotopic (exact) mass is 411 g/mol. The van der Waals surface area contributed by atoms with Crippen LogP contribution in [0.1, 0.15) is 24.0 Å². The molecule has 0 unspecified atom stereocenters. The molecule has 0 radical (unpaired) electrons. The second kappa shape index (κ2) is 8.90. The van der Waals surface area contributed by atoms with Crippen molar-refractivity contribution in [1.29, 1.82) is 0 Å². The van der Waals surface area contributed by atoms with Crippen molar-refractivity contribution in [3.8, 4) is 0 Å². The molecule has 0 amide bonds. The molecule has 0 aliphatic carbocycles. The second-order valence-electron chi connectivity index (χ2n) is 5.26. The van der Waals surface area contributed by atoms with Crippen LogP contribution in [0.5, 0.6) is 0 Å². The summed E-state index contributed by atoms with van der Waals surface area (Å²) >= 11 is 11.8. The number of nitrogen functional groups attached to an aromatic ring is 1. The lowest BCUT2D eigenvalue weighted by atomic mass is 10.0. The van der Waals surface area contributed by atoms with Gasteiger partial charge in [0, 0.05) is 10.7 Å². The molecule has 8 heteroatoms. The van der Waals surface area contributed by atoms with Crippen LogP contribution < -0.4 is 5.73 Å². The van der Waals surface area contributed by atoms with Gasteiger partial charge in [-0.2, -0.15) is 8.42 Å². The summed E-state index contributed by atoms with van der Waals surface area (Å²) in [7, 11) is -4.80. The third-order valence-electron chi connectivity index (χ3n) is 3.50. The summed E-state index contributed by atoms with van der Waals surface area (Å²) in [6.45, 7) is 0. The van der Waals surface area contributed by atoms with Crippen LogP contribution in [0.4, 0.5) is 9.57 Å². The molecule has 2 N–H and O–H groups in total. The predicted molar refractivity (Wildman–Crippen MR) is 99.5 cm³/mol. The maximum atomic E-state index is 13.1. The molecule has 0 saturated heterocycles. The third kappa shape index (κ3) is 5.81. The van der Waals surface area contributed by atoms with Gasteiger partial charge in [0.25, 0.3) is 0 Å². The molecule has 3 nitrogen and oxygen atoms in total. The van der Waals surface area contributed by atoms with Crippen molar-refractivity contribution in [3.05, 3.63) is 57.6 Å². The average molecular weight is 413 g/mol. The Hall–Kier alpha value is -1.01. The number of unbranched alkanes of at least 4 members (excludes halogenated alkanes) is 1. The summed E-state index contributed by atoms with van der Waals surface area (Å²) in [6, 6.07) is 9.81. The number of rotatable bonds is 6. The minimum absolute atomic E-state index is 0. The van der Waals surface area contributed by atoms with E-state index in [0.717, 1.165) is 30.4 Å². The van der Waals surface area contributed by atoms with E-state index in [-0.39, 0.29) is 17.4 Å². The van der Waals surface area contributed by atoms with Crippen LogP contribution in [0.3, 0.4) is 0 Å². The van der Waals surface area contributed by atoms with Crippen LogP contribution in [0, 0.1) is 0 Å². The van der Waals surface area contributed by atoms with Crippen molar-refractivity contribution in [2.24, 2.45) is 0 Å². The number of aryl methyl sites for hydroxylation is 2. The number of hydrogen-bond acceptors (Lipinski definition) is 3. The molecule has 2 rings (SSSR count). The highest BCUT2D eigenvalue weighted by molar-refractivity contribution is 7.86. The highest BCUT2D eigenvalue weighted by atomic mass is 35.5. The van der Waals surface area contributed by atoms with E-state index >= 15 is 0 Å². The first kappa shape index (κ1) is 21.0. The molecular weight excluding hydrogens is 396 g/mol. The molecule has 0 fully saturated rings. The highest BCUT2D eigenvalue weighted by Gasteiger charge is 2.16. The SMILES string of the molecule is Cl.Nc1ccc(CCCCc2ccc(Cl)c(S(=O)(=O)F)c2)c(Cl)c1. The Bertz CT molecular complexity index is 813. The molecule has 0 bridgehead atoms. The van der Waals surface area contributed by atoms with Crippen molar-refractivity contribution >= 4 is 51.5 Å². The van der Waals surface area contributed by atoms with Crippen LogP contribution in [-0.4, -0.2) is 8.42 Å². The molecule has 24 heavy (non-hydrogen) atoms. The largest absolute Gasteiger partial charge is 0.399 e. The van der Waals surface area contributed by atoms with Gasteiger partial charge in [0.05, 0.1) is 5.02 Å². The van der Waals surface area contributed by atoms with Crippen molar-refractivity contribution in [1.82, 2.24) is 0 Å². The lowest BCUT2D eigenvalue weighted by Gasteiger charge is -2.07. The number of anilines is 1. The summed E-state index contributed by atoms with van der Waals surface area (Å²) in [4.78, 5) is -0.474. The fourth-order valence-electron chi connectivity index (χ4n) is 2.30. The van der Waals surface area contributed by atoms with E-state index in [0.29, 0.717) is 17.1 Å². The van der Waals surface area contributed by atoms with Gasteiger partial charge < -0.3 is 5.73 Å². The smallest absolute Gasteiger partial charge is 0.333 e. The van der Waals surface area contributed by atoms with Crippen LogP contribution >= 0.6 is 35.6 Å². The number of hydrogen-bond donors (Lipinski definition) is 1. The third-order valence-corrected chi connectivity index (χ3v) is 5.15. The van der Waals surface area contributed by atoms with Crippen molar-refractivity contribution in [2.45, 2.75) is 30.6 Å². The van der Waals surface area contributed by atoms with Crippen molar-refractivity contribution in [2.75, 3.05) is 5.73 Å². The minimum atomic E-state index is -4.80. The van der Waals surface area contributed by atoms with Crippen LogP contribution in [-0.2, 0) is 23.1 Å². The fraction of sp³-hybridized carbons (Fsp3) is 0.250. The topological polar surface area (TPSA) is 60.2 Å². The first-order valence-corrected chi connectivity index (χ1v) is 9.18. The molecule has 0 aromatic heterocycles. The highest BCUT2D eigenvalue weighted by Crippen LogP contribution is 2.25. The first-order chi connectivity index (χ1) is 10.8. The normalized spacial score (nSPS) is 11.1. The second-order valence-corrected chi connectivity index (χ2v) is 7.39. The maximum Gasteiger partial charge on any atom is 0.333 e. The van der Waals surface area contributed by atoms with Gasteiger partial charge in [-0.15, -0.1) is 16.3 Å². The lowest BCUT2D eigenvalue weighted by molar-refractivity contribution is 0.552. The Morgan fingerprint density at radius 1 is 0.958 bits per heavy atom. The standard InChI is InChI=1S/C16H16Cl2FNO2S.ClH/c17-14-8-5-11(9-16(14)23(19,21)22)3-1-2-4-12-6-7-13(20)10-15(12)18;/h5-10H,1-4,20H2;1H. The quantitative estimate of drug-likeness (QED) is 0.402. The molecule has 0 aliphatic heterocycles. The van der Waals surface area contributed by atoms with E-state index in [9.17, 15) is 12.3 Å². The van der Waals surface area contributed by atoms with Gasteiger partial charge in [-0.1, -0.05) is 35.3 Å². The van der Waals surface area contributed by atoms with Crippen molar-refractivity contribution in [3.63, 3.8) is 0 Å². The Labute approximate surface area is 157 Å². The summed E-state index contributed by atoms with van der Waals surface area (Å²) in [5.74, 6) is 0. The van der Waals surface area contributed by atoms with Gasteiger partial charge in [0.1, 0.15) is 4.90 Å². The zero-order valence-electron chi connectivity index (χ0n) is 12.6. The molecule has 2 aromatic rings. The molecule has 0 heterocycles. The van der Waals surface area contributed by atoms with Gasteiger partial charge in [0.15, 0.2) is 0 Å². The van der Waals surface area contributed by atoms with E-state index in [1.54, 1.807) is 18.2 Å². The van der Waals surface area contributed by atoms with Gasteiger partial charge in [-0.3, -0.25) is 0 Å². The number of halogens is 4. The summed E-state index contributed by atoms with van der Waals surface area (Å²) in [6.07, 6.45) is 3.10. The lowest BCUT2D eigenvalue weighted by Crippen LogP contribution is -1.96. The van der Waals surface area contributed by atoms with E-state index in [1.165, 1.54) is 12.1 Å². The van der Waals surface area contributed by atoms with Crippen LogP contribution in [0.2, 0.25) is 10.0 Å². The number of benzene rings is 2. The fourth-order valence-corrected chi connectivity index (χ4v) is 3.57. The van der Waals surface area contributed by atoms with Gasteiger partial charge >= 0.3 is 10.2 Å². The molecule has 0 aliphatic rings. The zero-order valence-corrected chi connectivity index (χ0v) is 15.8. The maximum absolute atomic E-state index is 13.1. The Balaban J connectivity index is 0.00000288. The van der Waals surface area contributed by atoms with Crippen molar-refractivity contribution < 1.29 is 12.3 Å². The van der Waals surface area contributed by atoms with Gasteiger partial charge in [-0.05, 0) is 61.1 Å². The summed E-state index contributed by atoms with van der Waals surface area (Å²) in [5.41, 5.74) is 8.02. The van der Waals surface area contributed by atoms with E-state index < -0.39 is 15.1 Å². The number of nitrogens with two attached hydrogens (primary N) is 1. The van der Waals surface area contributed by atoms with Crippen LogP contribution in [0.25, 0.3) is 0 Å². The molecular formula is C16H17Cl3FNO2S. The molecule has 0 atom stereocenters. The summed E-state index contributed by atoms with van der Waals surface area (Å²) < 4.78 is 35.1. The zero-order chi connectivity index (χ0) is 17.0. The van der Waals surface area contributed by atoms with E-state index in [4.69, 9.17) is 28.9 Å². The molecule has 0 saturated carbocycles. The molecule has 0 spiro atoms. The van der Waals surface area contributed by atoms with Gasteiger partial charge in [0.2, 0.25) is 0 Å². The Morgan fingerprint density at radius 2 is 1.62 bits per heavy atom. The average Bonchev–Trinajstić information content (AvgIpc) is 2.45. The van der Waals surface area contributed by atoms with E-state index in [2.05, 4.69) is 0 Å². The van der Waals surface area contributed by atoms with E-state index in [1.807, 2.05) is 6.07 Å². The first-order valence-electron chi connectivity index (χ1n) is 7.04. The summed E-state index contributed by atoms with van der Waals surface area (Å²) in [5, 5.41) is 0.534. The minimum Gasteiger partial charge on any atom is -0.399 e. The van der Waals surface area contributed by atoms with Gasteiger partial charge in [-0.25, -0.2) is 0 Å². The predicted octanol–water partition coefficient (Wildman–Crippen LogP) is 5.22. The van der Waals surface area contributed by atoms with Crippen LogP contribution in [0.15, 0.2) is 41.3 Å². The Kier molecular flexibility index (Phi) is 7.80. The Morgan fingerprint density at radius 3 is 2.25 bits per heavy atom.